The number of halogens is 1. The SMILES string of the molecule is O=C(CC(SC(=O)c1ccccc1)C(=O)O)c1ccc(Br)cc1. The van der Waals surface area contributed by atoms with Crippen molar-refractivity contribution >= 4 is 44.6 Å². The van der Waals surface area contributed by atoms with Crippen LogP contribution in [0.25, 0.3) is 0 Å². The Morgan fingerprint density at radius 3 is 2.13 bits per heavy atom. The highest BCUT2D eigenvalue weighted by molar-refractivity contribution is 9.10. The fraction of sp³-hybridized carbons (Fsp3) is 0.118. The number of carbonyl (C=O) groups is 3. The van der Waals surface area contributed by atoms with Crippen molar-refractivity contribution in [2.24, 2.45) is 0 Å². The van der Waals surface area contributed by atoms with Gasteiger partial charge in [0.05, 0.1) is 0 Å². The Hall–Kier alpha value is -1.92. The molecule has 0 aliphatic carbocycles. The van der Waals surface area contributed by atoms with Crippen LogP contribution in [-0.2, 0) is 4.79 Å². The van der Waals surface area contributed by atoms with Gasteiger partial charge in [-0.05, 0) is 12.1 Å². The maximum atomic E-state index is 12.2. The predicted octanol–water partition coefficient (Wildman–Crippen LogP) is 4.05. The highest BCUT2D eigenvalue weighted by Gasteiger charge is 2.26. The molecule has 23 heavy (non-hydrogen) atoms. The molecule has 2 rings (SSSR count). The van der Waals surface area contributed by atoms with Crippen LogP contribution in [0, 0.1) is 0 Å². The number of thioether (sulfide) groups is 1. The summed E-state index contributed by atoms with van der Waals surface area (Å²) in [5, 5.41) is 7.80. The number of carbonyl (C=O) groups excluding carboxylic acids is 2. The van der Waals surface area contributed by atoms with Crippen molar-refractivity contribution < 1.29 is 19.5 Å². The summed E-state index contributed by atoms with van der Waals surface area (Å²) >= 11 is 3.94. The monoisotopic (exact) mass is 392 g/mol. The van der Waals surface area contributed by atoms with E-state index in [0.29, 0.717) is 22.9 Å². The molecule has 2 aromatic carbocycles. The van der Waals surface area contributed by atoms with Crippen molar-refractivity contribution in [3.05, 3.63) is 70.2 Å². The normalized spacial score (nSPS) is 11.7. The van der Waals surface area contributed by atoms with Gasteiger partial charge in [-0.15, -0.1) is 0 Å². The molecule has 2 aromatic rings. The molecule has 0 fully saturated rings. The molecular formula is C17H13BrO4S. The molecule has 0 heterocycles. The summed E-state index contributed by atoms with van der Waals surface area (Å²) in [5.41, 5.74) is 0.840. The van der Waals surface area contributed by atoms with Crippen molar-refractivity contribution in [3.8, 4) is 0 Å². The van der Waals surface area contributed by atoms with E-state index in [-0.39, 0.29) is 17.3 Å². The van der Waals surface area contributed by atoms with Gasteiger partial charge in [0, 0.05) is 22.0 Å². The number of aliphatic carboxylic acids is 1. The number of rotatable bonds is 6. The van der Waals surface area contributed by atoms with E-state index in [4.69, 9.17) is 0 Å². The molecule has 0 saturated heterocycles. The molecule has 0 radical (unpaired) electrons. The van der Waals surface area contributed by atoms with Crippen molar-refractivity contribution in [1.29, 1.82) is 0 Å². The maximum Gasteiger partial charge on any atom is 0.317 e. The number of hydrogen-bond acceptors (Lipinski definition) is 4. The largest absolute Gasteiger partial charge is 0.480 e. The molecule has 0 spiro atoms. The minimum absolute atomic E-state index is 0.236. The van der Waals surface area contributed by atoms with Crippen LogP contribution in [0.2, 0.25) is 0 Å². The predicted molar refractivity (Wildman–Crippen MR) is 92.9 cm³/mol. The second kappa shape index (κ2) is 8.08. The van der Waals surface area contributed by atoms with Gasteiger partial charge in [0.25, 0.3) is 0 Å². The Morgan fingerprint density at radius 1 is 0.957 bits per heavy atom. The van der Waals surface area contributed by atoms with Gasteiger partial charge in [0.1, 0.15) is 5.25 Å². The lowest BCUT2D eigenvalue weighted by molar-refractivity contribution is -0.136. The summed E-state index contributed by atoms with van der Waals surface area (Å²) in [6.07, 6.45) is -0.236. The zero-order valence-electron chi connectivity index (χ0n) is 11.9. The van der Waals surface area contributed by atoms with E-state index in [1.807, 2.05) is 0 Å². The van der Waals surface area contributed by atoms with Crippen LogP contribution in [0.15, 0.2) is 59.1 Å². The summed E-state index contributed by atoms with van der Waals surface area (Å²) in [6.45, 7) is 0. The average Bonchev–Trinajstić information content (AvgIpc) is 2.55. The number of ketones is 1. The van der Waals surface area contributed by atoms with Crippen LogP contribution in [0.1, 0.15) is 27.1 Å². The van der Waals surface area contributed by atoms with E-state index in [9.17, 15) is 19.5 Å². The van der Waals surface area contributed by atoms with Crippen molar-refractivity contribution in [2.45, 2.75) is 11.7 Å². The number of carboxylic acids is 1. The molecular weight excluding hydrogens is 380 g/mol. The fourth-order valence-electron chi connectivity index (χ4n) is 1.87. The van der Waals surface area contributed by atoms with E-state index in [1.165, 1.54) is 0 Å². The van der Waals surface area contributed by atoms with Gasteiger partial charge in [-0.25, -0.2) is 0 Å². The topological polar surface area (TPSA) is 71.4 Å². The van der Waals surface area contributed by atoms with Crippen LogP contribution in [0.4, 0.5) is 0 Å². The van der Waals surface area contributed by atoms with Gasteiger partial charge >= 0.3 is 5.97 Å². The zero-order valence-corrected chi connectivity index (χ0v) is 14.3. The van der Waals surface area contributed by atoms with E-state index in [1.54, 1.807) is 54.6 Å². The van der Waals surface area contributed by atoms with Gasteiger partial charge < -0.3 is 5.11 Å². The minimum atomic E-state index is -1.18. The van der Waals surface area contributed by atoms with Crippen LogP contribution in [0.3, 0.4) is 0 Å². The first-order chi connectivity index (χ1) is 11.0. The maximum absolute atomic E-state index is 12.2. The molecule has 0 aliphatic heterocycles. The Bertz CT molecular complexity index is 713. The van der Waals surface area contributed by atoms with Crippen LogP contribution >= 0.6 is 27.7 Å². The smallest absolute Gasteiger partial charge is 0.317 e. The van der Waals surface area contributed by atoms with Gasteiger partial charge in [-0.1, -0.05) is 70.2 Å². The first kappa shape index (κ1) is 17.4. The standard InChI is InChI=1S/C17H13BrO4S/c18-13-8-6-11(7-9-13)14(19)10-15(16(20)21)23-17(22)12-4-2-1-3-5-12/h1-9,15H,10H2,(H,20,21). The fourth-order valence-corrected chi connectivity index (χ4v) is 3.00. The van der Waals surface area contributed by atoms with Crippen molar-refractivity contribution in [1.82, 2.24) is 0 Å². The van der Waals surface area contributed by atoms with Crippen molar-refractivity contribution in [2.75, 3.05) is 0 Å². The summed E-state index contributed by atoms with van der Waals surface area (Å²) in [7, 11) is 0. The first-order valence-corrected chi connectivity index (χ1v) is 8.42. The summed E-state index contributed by atoms with van der Waals surface area (Å²) in [6, 6.07) is 15.1. The molecule has 0 bridgehead atoms. The molecule has 0 saturated carbocycles. The highest BCUT2D eigenvalue weighted by atomic mass is 79.9. The number of Topliss-reactive ketones (excluding diaryl/α,β-unsaturated/α-hetero) is 1. The molecule has 4 nitrogen and oxygen atoms in total. The molecule has 118 valence electrons. The molecule has 0 aromatic heterocycles. The molecule has 6 heteroatoms. The summed E-state index contributed by atoms with van der Waals surface area (Å²) < 4.78 is 0.831. The molecule has 1 atom stereocenters. The number of hydrogen-bond donors (Lipinski definition) is 1. The first-order valence-electron chi connectivity index (χ1n) is 6.75. The number of benzene rings is 2. The summed E-state index contributed by atoms with van der Waals surface area (Å²) in [5.74, 6) is -1.48. The van der Waals surface area contributed by atoms with Crippen LogP contribution in [0.5, 0.6) is 0 Å². The van der Waals surface area contributed by atoms with Gasteiger partial charge in [-0.3, -0.25) is 14.4 Å². The Morgan fingerprint density at radius 2 is 1.57 bits per heavy atom. The van der Waals surface area contributed by atoms with E-state index in [0.717, 1.165) is 4.47 Å². The van der Waals surface area contributed by atoms with E-state index < -0.39 is 11.2 Å². The third kappa shape index (κ3) is 5.04. The van der Waals surface area contributed by atoms with Crippen LogP contribution < -0.4 is 0 Å². The Kier molecular flexibility index (Phi) is 6.12. The molecule has 0 aliphatic rings. The average molecular weight is 393 g/mol. The lowest BCUT2D eigenvalue weighted by atomic mass is 10.1. The summed E-state index contributed by atoms with van der Waals surface area (Å²) in [4.78, 5) is 35.6. The molecule has 1 unspecified atom stereocenters. The van der Waals surface area contributed by atoms with Gasteiger partial charge in [-0.2, -0.15) is 0 Å². The second-order valence-electron chi connectivity index (χ2n) is 4.73. The molecule has 1 N–H and O–H groups in total. The second-order valence-corrected chi connectivity index (χ2v) is 6.82. The molecule has 0 amide bonds. The lowest BCUT2D eigenvalue weighted by Crippen LogP contribution is -2.22. The zero-order chi connectivity index (χ0) is 16.8. The highest BCUT2D eigenvalue weighted by Crippen LogP contribution is 2.23. The quantitative estimate of drug-likeness (QED) is 0.750. The van der Waals surface area contributed by atoms with E-state index in [2.05, 4.69) is 15.9 Å². The Labute approximate surface area is 146 Å². The number of carboxylic acid groups (broad SMARTS) is 1. The van der Waals surface area contributed by atoms with Crippen LogP contribution in [-0.4, -0.2) is 27.2 Å². The third-order valence-electron chi connectivity index (χ3n) is 3.07. The van der Waals surface area contributed by atoms with Gasteiger partial charge in [0.2, 0.25) is 5.12 Å². The third-order valence-corrected chi connectivity index (χ3v) is 4.70. The Balaban J connectivity index is 2.07. The van der Waals surface area contributed by atoms with Crippen molar-refractivity contribution in [3.63, 3.8) is 0 Å². The lowest BCUT2D eigenvalue weighted by Gasteiger charge is -2.10. The van der Waals surface area contributed by atoms with E-state index >= 15 is 0 Å². The van der Waals surface area contributed by atoms with Gasteiger partial charge in [0.15, 0.2) is 5.78 Å². The minimum Gasteiger partial charge on any atom is -0.480 e.